The molecule has 4 heteroatoms. The summed E-state index contributed by atoms with van der Waals surface area (Å²) >= 11 is 3.60. The molecule has 0 N–H and O–H groups in total. The molecular formula is C7H10BrN3. The van der Waals surface area contributed by atoms with Crippen molar-refractivity contribution in [1.29, 1.82) is 0 Å². The maximum absolute atomic E-state index is 4.20. The summed E-state index contributed by atoms with van der Waals surface area (Å²) in [6, 6.07) is 2.05. The summed E-state index contributed by atoms with van der Waals surface area (Å²) in [4.78, 5) is 2.59. The zero-order valence-corrected chi connectivity index (χ0v) is 7.95. The van der Waals surface area contributed by atoms with Crippen LogP contribution in [0.2, 0.25) is 0 Å². The third-order valence-corrected chi connectivity index (χ3v) is 3.21. The molecule has 1 aliphatic rings. The van der Waals surface area contributed by atoms with Gasteiger partial charge < -0.3 is 0 Å². The molecule has 2 heterocycles. The number of likely N-dealkylation sites (N-methyl/N-ethyl adjacent to an activating group) is 1. The predicted octanol–water partition coefficient (Wildman–Crippen LogP) is 1.22. The fraction of sp³-hybridized carbons (Fsp3) is 0.571. The summed E-state index contributed by atoms with van der Waals surface area (Å²) in [7, 11) is 2.11. The second kappa shape index (κ2) is 2.60. The molecule has 1 aliphatic heterocycles. The molecule has 3 nitrogen and oxygen atoms in total. The van der Waals surface area contributed by atoms with Crippen LogP contribution < -0.4 is 0 Å². The quantitative estimate of drug-likeness (QED) is 0.480. The topological polar surface area (TPSA) is 21.1 Å². The summed E-state index contributed by atoms with van der Waals surface area (Å²) in [5, 5.41) is 4.20. The summed E-state index contributed by atoms with van der Waals surface area (Å²) < 4.78 is 2.04. The molecule has 1 aromatic rings. The molecule has 11 heavy (non-hydrogen) atoms. The van der Waals surface area contributed by atoms with Gasteiger partial charge in [0, 0.05) is 12.7 Å². The maximum Gasteiger partial charge on any atom is 0.108 e. The van der Waals surface area contributed by atoms with Crippen LogP contribution in [0.15, 0.2) is 12.3 Å². The number of rotatable bonds is 0. The van der Waals surface area contributed by atoms with Crippen LogP contribution in [0.1, 0.15) is 10.6 Å². The van der Waals surface area contributed by atoms with E-state index in [0.29, 0.717) is 4.95 Å². The van der Waals surface area contributed by atoms with Gasteiger partial charge in [-0.1, -0.05) is 15.9 Å². The first-order valence-corrected chi connectivity index (χ1v) is 4.56. The first-order chi connectivity index (χ1) is 5.29. The Hall–Kier alpha value is -0.350. The molecule has 0 saturated carbocycles. The maximum atomic E-state index is 4.20. The lowest BCUT2D eigenvalue weighted by atomic mass is 10.3. The van der Waals surface area contributed by atoms with Crippen molar-refractivity contribution in [2.24, 2.45) is 0 Å². The van der Waals surface area contributed by atoms with Crippen LogP contribution in [0.5, 0.6) is 0 Å². The van der Waals surface area contributed by atoms with Crippen LogP contribution in [0.25, 0.3) is 0 Å². The zero-order chi connectivity index (χ0) is 7.84. The molecule has 0 fully saturated rings. The van der Waals surface area contributed by atoms with Crippen molar-refractivity contribution in [3.05, 3.63) is 18.0 Å². The van der Waals surface area contributed by atoms with Crippen LogP contribution >= 0.6 is 15.9 Å². The summed E-state index contributed by atoms with van der Waals surface area (Å²) in [6.45, 7) is 2.06. The van der Waals surface area contributed by atoms with Gasteiger partial charge in [-0.25, -0.2) is 0 Å². The third kappa shape index (κ3) is 1.10. The van der Waals surface area contributed by atoms with E-state index in [-0.39, 0.29) is 0 Å². The van der Waals surface area contributed by atoms with E-state index >= 15 is 0 Å². The SMILES string of the molecule is CN1CCn2nccc2[C@H]1Br. The second-order valence-corrected chi connectivity index (χ2v) is 3.66. The van der Waals surface area contributed by atoms with Gasteiger partial charge in [0.1, 0.15) is 4.95 Å². The molecule has 0 bridgehead atoms. The molecule has 0 radical (unpaired) electrons. The Morgan fingerprint density at radius 1 is 1.64 bits per heavy atom. The molecule has 0 aliphatic carbocycles. The third-order valence-electron chi connectivity index (χ3n) is 2.04. The Labute approximate surface area is 74.1 Å². The highest BCUT2D eigenvalue weighted by molar-refractivity contribution is 9.09. The highest BCUT2D eigenvalue weighted by Crippen LogP contribution is 2.28. The van der Waals surface area contributed by atoms with Crippen LogP contribution in [0.4, 0.5) is 0 Å². The van der Waals surface area contributed by atoms with Crippen molar-refractivity contribution in [1.82, 2.24) is 14.7 Å². The molecule has 1 atom stereocenters. The van der Waals surface area contributed by atoms with Crippen LogP contribution in [0, 0.1) is 0 Å². The number of nitrogens with zero attached hydrogens (tertiary/aromatic N) is 3. The number of fused-ring (bicyclic) bond motifs is 1. The molecular weight excluding hydrogens is 206 g/mol. The Morgan fingerprint density at radius 2 is 2.45 bits per heavy atom. The van der Waals surface area contributed by atoms with Crippen molar-refractivity contribution in [3.63, 3.8) is 0 Å². The van der Waals surface area contributed by atoms with Gasteiger partial charge in [0.25, 0.3) is 0 Å². The number of hydrogen-bond donors (Lipinski definition) is 0. The van der Waals surface area contributed by atoms with Gasteiger partial charge in [0.15, 0.2) is 0 Å². The fourth-order valence-corrected chi connectivity index (χ4v) is 1.92. The first-order valence-electron chi connectivity index (χ1n) is 3.65. The highest BCUT2D eigenvalue weighted by Gasteiger charge is 2.21. The van der Waals surface area contributed by atoms with E-state index in [0.717, 1.165) is 13.1 Å². The number of hydrogen-bond acceptors (Lipinski definition) is 2. The van der Waals surface area contributed by atoms with Gasteiger partial charge in [-0.2, -0.15) is 5.10 Å². The summed E-state index contributed by atoms with van der Waals surface area (Å²) in [6.07, 6.45) is 1.85. The standard InChI is InChI=1S/C7H10BrN3/c1-10-4-5-11-6(7(10)8)2-3-9-11/h2-3,7H,4-5H2,1H3/t7-/m0/s1. The fourth-order valence-electron chi connectivity index (χ4n) is 1.32. The van der Waals surface area contributed by atoms with Gasteiger partial charge in [-0.05, 0) is 13.1 Å². The number of halogens is 1. The Balaban J connectivity index is 2.38. The molecule has 0 aromatic carbocycles. The second-order valence-electron chi connectivity index (χ2n) is 2.80. The molecule has 60 valence electrons. The lowest BCUT2D eigenvalue weighted by Gasteiger charge is -2.28. The summed E-state index contributed by atoms with van der Waals surface area (Å²) in [5.41, 5.74) is 1.25. The summed E-state index contributed by atoms with van der Waals surface area (Å²) in [5.74, 6) is 0. The first kappa shape index (κ1) is 7.31. The van der Waals surface area contributed by atoms with E-state index < -0.39 is 0 Å². The van der Waals surface area contributed by atoms with Gasteiger partial charge in [-0.15, -0.1) is 0 Å². The molecule has 0 unspecified atom stereocenters. The van der Waals surface area contributed by atoms with Crippen molar-refractivity contribution in [2.75, 3.05) is 13.6 Å². The van der Waals surface area contributed by atoms with E-state index in [2.05, 4.69) is 39.0 Å². The van der Waals surface area contributed by atoms with Crippen molar-refractivity contribution in [3.8, 4) is 0 Å². The van der Waals surface area contributed by atoms with Crippen molar-refractivity contribution < 1.29 is 0 Å². The molecule has 0 saturated heterocycles. The molecule has 1 aromatic heterocycles. The lowest BCUT2D eigenvalue weighted by molar-refractivity contribution is 0.256. The lowest BCUT2D eigenvalue weighted by Crippen LogP contribution is -2.32. The number of aromatic nitrogens is 2. The van der Waals surface area contributed by atoms with E-state index in [1.165, 1.54) is 5.69 Å². The van der Waals surface area contributed by atoms with Crippen molar-refractivity contribution in [2.45, 2.75) is 11.5 Å². The van der Waals surface area contributed by atoms with E-state index in [1.807, 2.05) is 10.9 Å². The minimum Gasteiger partial charge on any atom is -0.287 e. The average Bonchev–Trinajstić information content (AvgIpc) is 2.45. The normalized spacial score (nSPS) is 25.1. The Kier molecular flexibility index (Phi) is 1.73. The molecule has 0 spiro atoms. The monoisotopic (exact) mass is 215 g/mol. The van der Waals surface area contributed by atoms with Gasteiger partial charge in [0.05, 0.1) is 12.2 Å². The minimum atomic E-state index is 0.332. The average molecular weight is 216 g/mol. The van der Waals surface area contributed by atoms with Crippen LogP contribution in [-0.2, 0) is 6.54 Å². The Morgan fingerprint density at radius 3 is 3.27 bits per heavy atom. The Bertz CT molecular complexity index is 258. The van der Waals surface area contributed by atoms with Gasteiger partial charge >= 0.3 is 0 Å². The van der Waals surface area contributed by atoms with E-state index in [9.17, 15) is 0 Å². The molecule has 2 rings (SSSR count). The van der Waals surface area contributed by atoms with E-state index in [1.54, 1.807) is 0 Å². The highest BCUT2D eigenvalue weighted by atomic mass is 79.9. The minimum absolute atomic E-state index is 0.332. The van der Waals surface area contributed by atoms with Gasteiger partial charge in [-0.3, -0.25) is 9.58 Å². The van der Waals surface area contributed by atoms with E-state index in [4.69, 9.17) is 0 Å². The van der Waals surface area contributed by atoms with Crippen LogP contribution in [-0.4, -0.2) is 28.3 Å². The van der Waals surface area contributed by atoms with Gasteiger partial charge in [0.2, 0.25) is 0 Å². The largest absolute Gasteiger partial charge is 0.287 e. The number of alkyl halides is 1. The zero-order valence-electron chi connectivity index (χ0n) is 6.37. The smallest absolute Gasteiger partial charge is 0.108 e. The van der Waals surface area contributed by atoms with Crippen LogP contribution in [0.3, 0.4) is 0 Å². The molecule has 0 amide bonds. The van der Waals surface area contributed by atoms with Crippen molar-refractivity contribution >= 4 is 15.9 Å². The predicted molar refractivity (Wildman–Crippen MR) is 46.5 cm³/mol.